The van der Waals surface area contributed by atoms with E-state index in [-0.39, 0.29) is 5.75 Å². The van der Waals surface area contributed by atoms with Crippen LogP contribution < -0.4 is 0 Å². The van der Waals surface area contributed by atoms with Gasteiger partial charge in [-0.3, -0.25) is 0 Å². The third-order valence-corrected chi connectivity index (χ3v) is 1.67. The number of hydrogen-bond acceptors (Lipinski definition) is 3. The highest BCUT2D eigenvalue weighted by Crippen LogP contribution is 2.25. The molecule has 2 rings (SSSR count). The largest absolute Gasteiger partial charge is 0.507 e. The van der Waals surface area contributed by atoms with Crippen LogP contribution in [0.2, 0.25) is 0 Å². The highest BCUT2D eigenvalue weighted by molar-refractivity contribution is 5.65. The van der Waals surface area contributed by atoms with Crippen LogP contribution in [-0.4, -0.2) is 15.1 Å². The average molecular weight is 171 g/mol. The first-order valence-corrected chi connectivity index (χ1v) is 3.84. The molecule has 0 bridgehead atoms. The van der Waals surface area contributed by atoms with Crippen LogP contribution in [0, 0.1) is 6.07 Å². The second kappa shape index (κ2) is 3.23. The third kappa shape index (κ3) is 1.49. The summed E-state index contributed by atoms with van der Waals surface area (Å²) >= 11 is 0. The van der Waals surface area contributed by atoms with Gasteiger partial charge in [0.25, 0.3) is 0 Å². The van der Waals surface area contributed by atoms with Crippen molar-refractivity contribution in [3.05, 3.63) is 42.9 Å². The summed E-state index contributed by atoms with van der Waals surface area (Å²) in [4.78, 5) is 7.80. The molecule has 0 saturated heterocycles. The molecule has 1 aromatic carbocycles. The Balaban J connectivity index is 2.54. The zero-order valence-corrected chi connectivity index (χ0v) is 6.81. The fourth-order valence-corrected chi connectivity index (χ4v) is 1.07. The Morgan fingerprint density at radius 1 is 1.31 bits per heavy atom. The minimum atomic E-state index is 0.182. The number of phenols is 1. The number of nitrogens with zero attached hydrogens (tertiary/aromatic N) is 2. The molecule has 0 aliphatic heterocycles. The number of benzene rings is 1. The van der Waals surface area contributed by atoms with Crippen LogP contribution in [0.1, 0.15) is 0 Å². The standard InChI is InChI=1S/C10H7N2O/c13-10-4-2-1-3-8(10)9-5-6-11-7-12-9/h1-2,4-7,13H. The lowest BCUT2D eigenvalue weighted by Crippen LogP contribution is -1.84. The van der Waals surface area contributed by atoms with Gasteiger partial charge in [-0.25, -0.2) is 9.97 Å². The molecule has 1 N–H and O–H groups in total. The molecule has 0 saturated carbocycles. The van der Waals surface area contributed by atoms with Crippen LogP contribution in [-0.2, 0) is 0 Å². The highest BCUT2D eigenvalue weighted by Gasteiger charge is 2.02. The van der Waals surface area contributed by atoms with Gasteiger partial charge in [0.15, 0.2) is 0 Å². The number of aromatic nitrogens is 2. The van der Waals surface area contributed by atoms with Gasteiger partial charge < -0.3 is 5.11 Å². The van der Waals surface area contributed by atoms with E-state index in [1.165, 1.54) is 6.33 Å². The van der Waals surface area contributed by atoms with Gasteiger partial charge in [0.1, 0.15) is 12.1 Å². The molecule has 3 heteroatoms. The van der Waals surface area contributed by atoms with Crippen LogP contribution in [0.15, 0.2) is 36.8 Å². The minimum Gasteiger partial charge on any atom is -0.507 e. The van der Waals surface area contributed by atoms with Gasteiger partial charge in [0.05, 0.1) is 5.69 Å². The van der Waals surface area contributed by atoms with Crippen molar-refractivity contribution in [1.29, 1.82) is 0 Å². The van der Waals surface area contributed by atoms with Gasteiger partial charge in [0.2, 0.25) is 0 Å². The van der Waals surface area contributed by atoms with Crippen molar-refractivity contribution < 1.29 is 5.11 Å². The Morgan fingerprint density at radius 2 is 2.23 bits per heavy atom. The normalized spacial score (nSPS) is 9.85. The molecule has 1 heterocycles. The van der Waals surface area contributed by atoms with Crippen molar-refractivity contribution in [2.45, 2.75) is 0 Å². The van der Waals surface area contributed by atoms with E-state index in [0.717, 1.165) is 0 Å². The Kier molecular flexibility index (Phi) is 1.92. The third-order valence-electron chi connectivity index (χ3n) is 1.67. The highest BCUT2D eigenvalue weighted by atomic mass is 16.3. The maximum Gasteiger partial charge on any atom is 0.125 e. The summed E-state index contributed by atoms with van der Waals surface area (Å²) in [5.41, 5.74) is 1.28. The summed E-state index contributed by atoms with van der Waals surface area (Å²) in [6.07, 6.45) is 3.07. The zero-order chi connectivity index (χ0) is 9.10. The topological polar surface area (TPSA) is 46.0 Å². The summed E-state index contributed by atoms with van der Waals surface area (Å²) in [6, 6.07) is 9.70. The van der Waals surface area contributed by atoms with E-state index in [0.29, 0.717) is 11.3 Å². The number of phenolic OH excluding ortho intramolecular Hbond substituents is 1. The summed E-state index contributed by atoms with van der Waals surface area (Å²) in [7, 11) is 0. The van der Waals surface area contributed by atoms with Crippen molar-refractivity contribution in [1.82, 2.24) is 9.97 Å². The average Bonchev–Trinajstić information content (AvgIpc) is 2.20. The van der Waals surface area contributed by atoms with E-state index in [9.17, 15) is 5.11 Å². The number of aromatic hydroxyl groups is 1. The van der Waals surface area contributed by atoms with Gasteiger partial charge in [-0.05, 0) is 18.2 Å². The van der Waals surface area contributed by atoms with Crippen molar-refractivity contribution in [3.63, 3.8) is 0 Å². The molecule has 1 aromatic heterocycles. The molecule has 0 aliphatic carbocycles. The van der Waals surface area contributed by atoms with Gasteiger partial charge in [-0.2, -0.15) is 0 Å². The first kappa shape index (κ1) is 7.73. The fourth-order valence-electron chi connectivity index (χ4n) is 1.07. The van der Waals surface area contributed by atoms with Crippen LogP contribution in [0.5, 0.6) is 5.75 Å². The molecule has 0 amide bonds. The second-order valence-electron chi connectivity index (χ2n) is 2.52. The van der Waals surface area contributed by atoms with Gasteiger partial charge in [0, 0.05) is 11.8 Å². The van der Waals surface area contributed by atoms with Crippen LogP contribution in [0.4, 0.5) is 0 Å². The number of rotatable bonds is 1. The van der Waals surface area contributed by atoms with Crippen molar-refractivity contribution in [2.75, 3.05) is 0 Å². The minimum absolute atomic E-state index is 0.182. The first-order valence-electron chi connectivity index (χ1n) is 3.84. The molecule has 0 spiro atoms. The second-order valence-corrected chi connectivity index (χ2v) is 2.52. The van der Waals surface area contributed by atoms with Crippen molar-refractivity contribution in [3.8, 4) is 17.0 Å². The van der Waals surface area contributed by atoms with Crippen LogP contribution in [0.25, 0.3) is 11.3 Å². The predicted octanol–water partition coefficient (Wildman–Crippen LogP) is 1.65. The molecule has 2 aromatic rings. The molecular formula is C10H7N2O. The number of hydrogen-bond donors (Lipinski definition) is 1. The van der Waals surface area contributed by atoms with Gasteiger partial charge in [-0.1, -0.05) is 12.1 Å². The SMILES string of the molecule is Oc1ccc[c]c1-c1ccncn1. The quantitative estimate of drug-likeness (QED) is 0.709. The maximum absolute atomic E-state index is 9.47. The summed E-state index contributed by atoms with van der Waals surface area (Å²) in [6.45, 7) is 0. The summed E-state index contributed by atoms with van der Waals surface area (Å²) < 4.78 is 0. The van der Waals surface area contributed by atoms with Crippen molar-refractivity contribution in [2.24, 2.45) is 0 Å². The van der Waals surface area contributed by atoms with E-state index < -0.39 is 0 Å². The fraction of sp³-hybridized carbons (Fsp3) is 0. The summed E-state index contributed by atoms with van der Waals surface area (Å²) in [5.74, 6) is 0.182. The Bertz CT molecular complexity index is 401. The molecule has 63 valence electrons. The maximum atomic E-state index is 9.47. The molecule has 0 aliphatic rings. The Labute approximate surface area is 75.7 Å². The van der Waals surface area contributed by atoms with E-state index in [2.05, 4.69) is 16.0 Å². The van der Waals surface area contributed by atoms with Crippen LogP contribution >= 0.6 is 0 Å². The Hall–Kier alpha value is -1.90. The smallest absolute Gasteiger partial charge is 0.125 e. The van der Waals surface area contributed by atoms with Crippen LogP contribution in [0.3, 0.4) is 0 Å². The summed E-state index contributed by atoms with van der Waals surface area (Å²) in [5, 5.41) is 9.47. The molecule has 0 atom stereocenters. The molecule has 0 fully saturated rings. The molecular weight excluding hydrogens is 164 g/mol. The van der Waals surface area contributed by atoms with E-state index in [1.54, 1.807) is 30.5 Å². The molecule has 3 nitrogen and oxygen atoms in total. The van der Waals surface area contributed by atoms with E-state index in [1.807, 2.05) is 0 Å². The van der Waals surface area contributed by atoms with Gasteiger partial charge in [-0.15, -0.1) is 0 Å². The van der Waals surface area contributed by atoms with Gasteiger partial charge >= 0.3 is 0 Å². The Morgan fingerprint density at radius 3 is 2.92 bits per heavy atom. The van der Waals surface area contributed by atoms with E-state index in [4.69, 9.17) is 0 Å². The predicted molar refractivity (Wildman–Crippen MR) is 48.0 cm³/mol. The molecule has 0 unspecified atom stereocenters. The molecule has 1 radical (unpaired) electrons. The van der Waals surface area contributed by atoms with E-state index >= 15 is 0 Å². The lowest BCUT2D eigenvalue weighted by molar-refractivity contribution is 0.477. The lowest BCUT2D eigenvalue weighted by Gasteiger charge is -2.00. The van der Waals surface area contributed by atoms with Crippen molar-refractivity contribution >= 4 is 0 Å². The monoisotopic (exact) mass is 171 g/mol. The zero-order valence-electron chi connectivity index (χ0n) is 6.81. The molecule has 13 heavy (non-hydrogen) atoms. The first-order chi connectivity index (χ1) is 6.38. The lowest BCUT2D eigenvalue weighted by atomic mass is 10.1.